The summed E-state index contributed by atoms with van der Waals surface area (Å²) >= 11 is 0. The Hall–Kier alpha value is -6.94. The van der Waals surface area contributed by atoms with Gasteiger partial charge in [0, 0.05) is 34.1 Å². The number of hydrogen-bond acceptors (Lipinski definition) is 2. The molecule has 0 saturated carbocycles. The van der Waals surface area contributed by atoms with Gasteiger partial charge in [-0.15, -0.1) is 0 Å². The SMILES string of the molecule is C[Si]1(C)c2cc(N(c3ccccc3)c3ccccc3)ccc2-c2c1c1cccc3c(-c4ccc(N(c5ccccc5)c5ccccc5)cc4)cc4cccc2c4c31. The Morgan fingerprint density at radius 1 is 0.351 bits per heavy atom. The van der Waals surface area contributed by atoms with Crippen molar-refractivity contribution in [3.8, 4) is 22.3 Å². The summed E-state index contributed by atoms with van der Waals surface area (Å²) in [7, 11) is -2.20. The van der Waals surface area contributed by atoms with E-state index in [-0.39, 0.29) is 0 Å². The van der Waals surface area contributed by atoms with E-state index in [1.807, 2.05) is 0 Å². The highest BCUT2D eigenvalue weighted by molar-refractivity contribution is 7.05. The molecule has 0 aromatic heterocycles. The Labute approximate surface area is 334 Å². The fourth-order valence-electron chi connectivity index (χ4n) is 9.64. The molecule has 0 saturated heterocycles. The van der Waals surface area contributed by atoms with Gasteiger partial charge in [0.1, 0.15) is 8.07 Å². The second-order valence-electron chi connectivity index (χ2n) is 15.7. The number of fused-ring (bicyclic) bond motifs is 5. The van der Waals surface area contributed by atoms with Gasteiger partial charge in [-0.25, -0.2) is 0 Å². The maximum absolute atomic E-state index is 2.56. The number of anilines is 6. The second kappa shape index (κ2) is 13.1. The zero-order valence-corrected chi connectivity index (χ0v) is 33.0. The highest BCUT2D eigenvalue weighted by Gasteiger charge is 2.41. The van der Waals surface area contributed by atoms with Crippen LogP contribution < -0.4 is 20.2 Å². The van der Waals surface area contributed by atoms with Crippen LogP contribution in [0.3, 0.4) is 0 Å². The summed E-state index contributed by atoms with van der Waals surface area (Å²) < 4.78 is 0. The average Bonchev–Trinajstić information content (AvgIpc) is 3.51. The van der Waals surface area contributed by atoms with Crippen molar-refractivity contribution >= 4 is 84.9 Å². The van der Waals surface area contributed by atoms with Gasteiger partial charge in [0.15, 0.2) is 0 Å². The summed E-state index contributed by atoms with van der Waals surface area (Å²) in [6, 6.07) is 75.6. The molecule has 0 spiro atoms. The smallest absolute Gasteiger partial charge is 0.114 e. The molecule has 270 valence electrons. The van der Waals surface area contributed by atoms with E-state index >= 15 is 0 Å². The van der Waals surface area contributed by atoms with Crippen LogP contribution in [0.15, 0.2) is 206 Å². The minimum Gasteiger partial charge on any atom is -0.311 e. The number of para-hydroxylation sites is 4. The predicted octanol–water partition coefficient (Wildman–Crippen LogP) is 14.0. The molecule has 0 aliphatic carbocycles. The summed E-state index contributed by atoms with van der Waals surface area (Å²) in [6.45, 7) is 5.12. The minimum atomic E-state index is -2.20. The van der Waals surface area contributed by atoms with E-state index in [0.29, 0.717) is 0 Å². The van der Waals surface area contributed by atoms with E-state index in [9.17, 15) is 0 Å². The summed E-state index contributed by atoms with van der Waals surface area (Å²) in [5, 5.41) is 11.2. The molecule has 10 aromatic rings. The standard InChI is InChI=1S/C54H40N2Si/c1-57(2)50-36-44(56(41-22-11-5-12-23-41)42-24-13-6-14-25-42)33-34-46(50)53-47-27-15-17-38-35-49(45-26-16-28-48(54(53)57)52(45)51(38)47)37-29-31-43(32-30-37)55(39-18-7-3-8-19-39)40-20-9-4-10-21-40/h3-36H,1-2H3. The van der Waals surface area contributed by atoms with Crippen molar-refractivity contribution in [2.75, 3.05) is 9.80 Å². The van der Waals surface area contributed by atoms with Crippen molar-refractivity contribution in [3.05, 3.63) is 206 Å². The third-order valence-electron chi connectivity index (χ3n) is 12.1. The average molecular weight is 745 g/mol. The Bertz CT molecular complexity index is 2990. The molecule has 11 rings (SSSR count). The number of benzene rings is 10. The number of nitrogens with zero attached hydrogens (tertiary/aromatic N) is 2. The number of hydrogen-bond donors (Lipinski definition) is 0. The van der Waals surface area contributed by atoms with Crippen LogP contribution >= 0.6 is 0 Å². The minimum absolute atomic E-state index is 1.13. The molecular formula is C54H40N2Si. The Balaban J connectivity index is 1.08. The van der Waals surface area contributed by atoms with Gasteiger partial charge in [0.25, 0.3) is 0 Å². The van der Waals surface area contributed by atoms with Gasteiger partial charge in [0.2, 0.25) is 0 Å². The van der Waals surface area contributed by atoms with Gasteiger partial charge in [-0.1, -0.05) is 140 Å². The molecule has 0 unspecified atom stereocenters. The topological polar surface area (TPSA) is 6.48 Å². The zero-order valence-electron chi connectivity index (χ0n) is 32.0. The molecule has 0 atom stereocenters. The van der Waals surface area contributed by atoms with Crippen LogP contribution in [0, 0.1) is 0 Å². The van der Waals surface area contributed by atoms with Crippen LogP contribution in [0.25, 0.3) is 54.6 Å². The van der Waals surface area contributed by atoms with Gasteiger partial charge in [-0.05, 0) is 144 Å². The molecule has 0 fully saturated rings. The Morgan fingerprint density at radius 3 is 1.40 bits per heavy atom. The fourth-order valence-corrected chi connectivity index (χ4v) is 13.1. The molecule has 0 radical (unpaired) electrons. The van der Waals surface area contributed by atoms with Crippen LogP contribution in [0.5, 0.6) is 0 Å². The van der Waals surface area contributed by atoms with Gasteiger partial charge in [-0.2, -0.15) is 0 Å². The largest absolute Gasteiger partial charge is 0.311 e. The van der Waals surface area contributed by atoms with E-state index in [1.165, 1.54) is 65.4 Å². The van der Waals surface area contributed by atoms with Crippen molar-refractivity contribution in [3.63, 3.8) is 0 Å². The van der Waals surface area contributed by atoms with Crippen LogP contribution in [-0.2, 0) is 0 Å². The van der Waals surface area contributed by atoms with E-state index in [4.69, 9.17) is 0 Å². The molecule has 0 bridgehead atoms. The molecule has 3 heteroatoms. The molecule has 1 aliphatic heterocycles. The van der Waals surface area contributed by atoms with Gasteiger partial charge in [0.05, 0.1) is 0 Å². The van der Waals surface area contributed by atoms with E-state index < -0.39 is 8.07 Å². The quantitative estimate of drug-likeness (QED) is 0.118. The van der Waals surface area contributed by atoms with Crippen molar-refractivity contribution in [2.24, 2.45) is 0 Å². The summed E-state index contributed by atoms with van der Waals surface area (Å²) in [6.07, 6.45) is 0. The van der Waals surface area contributed by atoms with E-state index in [2.05, 4.69) is 229 Å². The fraction of sp³-hybridized carbons (Fsp3) is 0.0370. The first-order chi connectivity index (χ1) is 28.1. The maximum Gasteiger partial charge on any atom is 0.114 e. The molecule has 0 amide bonds. The van der Waals surface area contributed by atoms with Gasteiger partial charge in [-0.3, -0.25) is 0 Å². The molecule has 57 heavy (non-hydrogen) atoms. The van der Waals surface area contributed by atoms with Crippen molar-refractivity contribution < 1.29 is 0 Å². The third kappa shape index (κ3) is 5.23. The normalized spacial score (nSPS) is 12.9. The zero-order chi connectivity index (χ0) is 38.1. The summed E-state index contributed by atoms with van der Waals surface area (Å²) in [4.78, 5) is 4.72. The first-order valence-electron chi connectivity index (χ1n) is 19.9. The van der Waals surface area contributed by atoms with Crippen molar-refractivity contribution in [1.82, 2.24) is 0 Å². The maximum atomic E-state index is 2.56. The highest BCUT2D eigenvalue weighted by atomic mass is 28.3. The lowest BCUT2D eigenvalue weighted by atomic mass is 9.86. The lowest BCUT2D eigenvalue weighted by Crippen LogP contribution is -2.49. The van der Waals surface area contributed by atoms with Crippen LogP contribution in [0.2, 0.25) is 13.1 Å². The predicted molar refractivity (Wildman–Crippen MR) is 247 cm³/mol. The third-order valence-corrected chi connectivity index (χ3v) is 15.6. The lowest BCUT2D eigenvalue weighted by molar-refractivity contribution is 1.28. The van der Waals surface area contributed by atoms with Crippen molar-refractivity contribution in [2.45, 2.75) is 13.1 Å². The second-order valence-corrected chi connectivity index (χ2v) is 20.0. The van der Waals surface area contributed by atoms with Crippen LogP contribution in [0.1, 0.15) is 0 Å². The van der Waals surface area contributed by atoms with Gasteiger partial charge < -0.3 is 9.80 Å². The monoisotopic (exact) mass is 744 g/mol. The summed E-state index contributed by atoms with van der Waals surface area (Å²) in [5.41, 5.74) is 12.3. The molecule has 1 aliphatic rings. The Kier molecular flexibility index (Phi) is 7.67. The molecule has 2 nitrogen and oxygen atoms in total. The molecule has 10 aromatic carbocycles. The molecule has 0 N–H and O–H groups in total. The van der Waals surface area contributed by atoms with Gasteiger partial charge >= 0.3 is 0 Å². The van der Waals surface area contributed by atoms with E-state index in [0.717, 1.165) is 28.4 Å². The molecular weight excluding hydrogens is 705 g/mol. The van der Waals surface area contributed by atoms with Crippen molar-refractivity contribution in [1.29, 1.82) is 0 Å². The van der Waals surface area contributed by atoms with Crippen LogP contribution in [0.4, 0.5) is 34.1 Å². The van der Waals surface area contributed by atoms with E-state index in [1.54, 1.807) is 5.19 Å². The summed E-state index contributed by atoms with van der Waals surface area (Å²) in [5.74, 6) is 0. The Morgan fingerprint density at radius 2 is 0.825 bits per heavy atom. The first-order valence-corrected chi connectivity index (χ1v) is 22.9. The first kappa shape index (κ1) is 33.4. The number of rotatable bonds is 7. The lowest BCUT2D eigenvalue weighted by Gasteiger charge is -2.27. The molecule has 1 heterocycles. The highest BCUT2D eigenvalue weighted by Crippen LogP contribution is 2.47. The van der Waals surface area contributed by atoms with Crippen LogP contribution in [-0.4, -0.2) is 8.07 Å².